The van der Waals surface area contributed by atoms with Crippen LogP contribution in [0.15, 0.2) is 84.9 Å². The number of hydrogen-bond acceptors (Lipinski definition) is 2. The molecule has 0 fully saturated rings. The number of nitrogens with one attached hydrogen (secondary N) is 2. The van der Waals surface area contributed by atoms with Gasteiger partial charge in [0, 0.05) is 28.0 Å². The smallest absolute Gasteiger partial charge is 0.255 e. The number of para-hydroxylation sites is 1. The summed E-state index contributed by atoms with van der Waals surface area (Å²) in [6, 6.07) is 23.2. The van der Waals surface area contributed by atoms with Gasteiger partial charge in [-0.15, -0.1) is 0 Å². The van der Waals surface area contributed by atoms with E-state index in [1.807, 2.05) is 48.5 Å². The normalized spacial score (nSPS) is 10.6. The van der Waals surface area contributed by atoms with E-state index in [0.717, 1.165) is 5.56 Å². The van der Waals surface area contributed by atoms with Crippen molar-refractivity contribution >= 4 is 40.9 Å². The summed E-state index contributed by atoms with van der Waals surface area (Å²) in [6.07, 6.45) is 3.04. The molecule has 3 rings (SSSR count). The summed E-state index contributed by atoms with van der Waals surface area (Å²) in [5.74, 6) is -0.556. The zero-order valence-electron chi connectivity index (χ0n) is 14.4. The fourth-order valence-electron chi connectivity index (χ4n) is 2.42. The van der Waals surface area contributed by atoms with Crippen LogP contribution in [-0.4, -0.2) is 11.8 Å². The van der Waals surface area contributed by atoms with Crippen LogP contribution < -0.4 is 10.6 Å². The number of rotatable bonds is 5. The van der Waals surface area contributed by atoms with E-state index < -0.39 is 0 Å². The Balaban J connectivity index is 1.66. The second-order valence-electron chi connectivity index (χ2n) is 5.75. The lowest BCUT2D eigenvalue weighted by atomic mass is 10.1. The second kappa shape index (κ2) is 8.83. The van der Waals surface area contributed by atoms with Crippen LogP contribution >= 0.6 is 11.6 Å². The predicted molar refractivity (Wildman–Crippen MR) is 110 cm³/mol. The number of halogens is 1. The molecule has 0 heterocycles. The lowest BCUT2D eigenvalue weighted by Crippen LogP contribution is -2.13. The first-order valence-corrected chi connectivity index (χ1v) is 8.70. The molecular formula is C22H17ClN2O2. The van der Waals surface area contributed by atoms with Crippen molar-refractivity contribution in [3.63, 3.8) is 0 Å². The Morgan fingerprint density at radius 2 is 1.48 bits per heavy atom. The molecule has 0 aromatic heterocycles. The largest absolute Gasteiger partial charge is 0.322 e. The van der Waals surface area contributed by atoms with Crippen molar-refractivity contribution in [3.8, 4) is 0 Å². The standard InChI is InChI=1S/C22H17ClN2O2/c23-20-12-5-4-7-16(20)13-14-21(26)24-19-11-6-8-17(15-19)22(27)25-18-9-2-1-3-10-18/h1-15H,(H,24,26)(H,25,27)/b14-13+. The van der Waals surface area contributed by atoms with Crippen molar-refractivity contribution in [1.29, 1.82) is 0 Å². The number of anilines is 2. The van der Waals surface area contributed by atoms with Gasteiger partial charge in [-0.2, -0.15) is 0 Å². The van der Waals surface area contributed by atoms with Crippen LogP contribution in [0.5, 0.6) is 0 Å². The zero-order valence-corrected chi connectivity index (χ0v) is 15.1. The van der Waals surface area contributed by atoms with Gasteiger partial charge in [0.1, 0.15) is 0 Å². The van der Waals surface area contributed by atoms with Gasteiger partial charge < -0.3 is 10.6 Å². The van der Waals surface area contributed by atoms with E-state index in [4.69, 9.17) is 11.6 Å². The van der Waals surface area contributed by atoms with Gasteiger partial charge in [-0.25, -0.2) is 0 Å². The van der Waals surface area contributed by atoms with Crippen molar-refractivity contribution in [2.75, 3.05) is 10.6 Å². The lowest BCUT2D eigenvalue weighted by molar-refractivity contribution is -0.111. The molecule has 2 N–H and O–H groups in total. The summed E-state index contributed by atoms with van der Waals surface area (Å²) in [7, 11) is 0. The number of hydrogen-bond donors (Lipinski definition) is 2. The maximum absolute atomic E-state index is 12.3. The minimum Gasteiger partial charge on any atom is -0.322 e. The molecule has 0 unspecified atom stereocenters. The Morgan fingerprint density at radius 3 is 2.26 bits per heavy atom. The van der Waals surface area contributed by atoms with Gasteiger partial charge in [-0.3, -0.25) is 9.59 Å². The van der Waals surface area contributed by atoms with Crippen molar-refractivity contribution in [2.45, 2.75) is 0 Å². The van der Waals surface area contributed by atoms with Crippen LogP contribution in [0.2, 0.25) is 5.02 Å². The van der Waals surface area contributed by atoms with Crippen molar-refractivity contribution in [3.05, 3.63) is 101 Å². The molecule has 3 aromatic carbocycles. The number of carbonyl (C=O) groups excluding carboxylic acids is 2. The van der Waals surface area contributed by atoms with E-state index in [1.54, 1.807) is 36.4 Å². The Hall–Kier alpha value is -3.37. The van der Waals surface area contributed by atoms with Gasteiger partial charge in [0.05, 0.1) is 0 Å². The van der Waals surface area contributed by atoms with Gasteiger partial charge in [0.2, 0.25) is 5.91 Å². The Kier molecular flexibility index (Phi) is 6.02. The summed E-state index contributed by atoms with van der Waals surface area (Å²) in [4.78, 5) is 24.5. The summed E-state index contributed by atoms with van der Waals surface area (Å²) >= 11 is 6.06. The van der Waals surface area contributed by atoms with Crippen molar-refractivity contribution in [2.24, 2.45) is 0 Å². The monoisotopic (exact) mass is 376 g/mol. The van der Waals surface area contributed by atoms with Gasteiger partial charge in [0.15, 0.2) is 0 Å². The summed E-state index contributed by atoms with van der Waals surface area (Å²) in [5.41, 5.74) is 2.45. The molecule has 0 aliphatic carbocycles. The number of amides is 2. The Morgan fingerprint density at radius 1 is 0.778 bits per heavy atom. The first-order valence-electron chi connectivity index (χ1n) is 8.32. The Bertz CT molecular complexity index is 984. The van der Waals surface area contributed by atoms with Crippen LogP contribution in [0.3, 0.4) is 0 Å². The minimum absolute atomic E-state index is 0.246. The van der Waals surface area contributed by atoms with Crippen LogP contribution in [0, 0.1) is 0 Å². The third-order valence-electron chi connectivity index (χ3n) is 3.74. The summed E-state index contributed by atoms with van der Waals surface area (Å²) < 4.78 is 0. The van der Waals surface area contributed by atoms with Gasteiger partial charge in [-0.05, 0) is 48.0 Å². The minimum atomic E-state index is -0.310. The fraction of sp³-hybridized carbons (Fsp3) is 0. The summed E-state index contributed by atoms with van der Waals surface area (Å²) in [6.45, 7) is 0. The van der Waals surface area contributed by atoms with Crippen LogP contribution in [-0.2, 0) is 4.79 Å². The van der Waals surface area contributed by atoms with E-state index >= 15 is 0 Å². The molecule has 0 saturated heterocycles. The molecule has 0 saturated carbocycles. The predicted octanol–water partition coefficient (Wildman–Crippen LogP) is 5.24. The molecule has 0 radical (unpaired) electrons. The highest BCUT2D eigenvalue weighted by Gasteiger charge is 2.07. The number of carbonyl (C=O) groups is 2. The van der Waals surface area contributed by atoms with E-state index in [0.29, 0.717) is 22.0 Å². The van der Waals surface area contributed by atoms with Crippen LogP contribution in [0.25, 0.3) is 6.08 Å². The second-order valence-corrected chi connectivity index (χ2v) is 6.15. The highest BCUT2D eigenvalue weighted by Crippen LogP contribution is 2.17. The molecule has 0 spiro atoms. The third kappa shape index (κ3) is 5.30. The molecular weight excluding hydrogens is 360 g/mol. The van der Waals surface area contributed by atoms with Crippen LogP contribution in [0.4, 0.5) is 11.4 Å². The average molecular weight is 377 g/mol. The first-order chi connectivity index (χ1) is 13.1. The average Bonchev–Trinajstić information content (AvgIpc) is 2.68. The SMILES string of the molecule is O=C(/C=C/c1ccccc1Cl)Nc1cccc(C(=O)Nc2ccccc2)c1. The van der Waals surface area contributed by atoms with Crippen molar-refractivity contribution < 1.29 is 9.59 Å². The molecule has 0 bridgehead atoms. The molecule has 27 heavy (non-hydrogen) atoms. The number of benzene rings is 3. The molecule has 3 aromatic rings. The molecule has 2 amide bonds. The maximum atomic E-state index is 12.3. The first kappa shape index (κ1) is 18.4. The topological polar surface area (TPSA) is 58.2 Å². The lowest BCUT2D eigenvalue weighted by Gasteiger charge is -2.07. The Labute approximate surface area is 162 Å². The molecule has 134 valence electrons. The molecule has 0 aliphatic rings. The molecule has 0 aliphatic heterocycles. The van der Waals surface area contributed by atoms with E-state index in [9.17, 15) is 9.59 Å². The molecule has 0 atom stereocenters. The van der Waals surface area contributed by atoms with Gasteiger partial charge in [-0.1, -0.05) is 54.1 Å². The fourth-order valence-corrected chi connectivity index (χ4v) is 2.62. The van der Waals surface area contributed by atoms with Crippen molar-refractivity contribution in [1.82, 2.24) is 0 Å². The molecule has 5 heteroatoms. The van der Waals surface area contributed by atoms with E-state index in [-0.39, 0.29) is 11.8 Å². The highest BCUT2D eigenvalue weighted by molar-refractivity contribution is 6.32. The third-order valence-corrected chi connectivity index (χ3v) is 4.09. The zero-order chi connectivity index (χ0) is 19.1. The van der Waals surface area contributed by atoms with Crippen LogP contribution in [0.1, 0.15) is 15.9 Å². The summed E-state index contributed by atoms with van der Waals surface area (Å²) in [5, 5.41) is 6.12. The maximum Gasteiger partial charge on any atom is 0.255 e. The van der Waals surface area contributed by atoms with E-state index in [2.05, 4.69) is 10.6 Å². The quantitative estimate of drug-likeness (QED) is 0.598. The van der Waals surface area contributed by atoms with E-state index in [1.165, 1.54) is 6.08 Å². The van der Waals surface area contributed by atoms with Gasteiger partial charge >= 0.3 is 0 Å². The molecule has 4 nitrogen and oxygen atoms in total. The van der Waals surface area contributed by atoms with Gasteiger partial charge in [0.25, 0.3) is 5.91 Å². The highest BCUT2D eigenvalue weighted by atomic mass is 35.5.